The zero-order chi connectivity index (χ0) is 63.2. The summed E-state index contributed by atoms with van der Waals surface area (Å²) in [6.45, 7) is 9.30. The van der Waals surface area contributed by atoms with Crippen molar-refractivity contribution in [1.82, 2.24) is 0 Å². The number of hydrogen-bond donors (Lipinski definition) is 2. The minimum Gasteiger partial charge on any atom is -0.397 e. The topological polar surface area (TPSA) is 52.0 Å². The first-order chi connectivity index (χ1) is 43.6. The van der Waals surface area contributed by atoms with E-state index in [1.807, 2.05) is 0 Å². The Morgan fingerprint density at radius 1 is 0.125 bits per heavy atom. The van der Waals surface area contributed by atoms with Gasteiger partial charge in [0.15, 0.2) is 0 Å². The normalized spacial score (nSPS) is 11.8. The molecule has 0 saturated carbocycles. The first-order valence-corrected chi connectivity index (χ1v) is 42.3. The molecule has 2 heteroatoms. The summed E-state index contributed by atoms with van der Waals surface area (Å²) in [7, 11) is 0. The van der Waals surface area contributed by atoms with E-state index >= 15 is 0 Å². The summed E-state index contributed by atoms with van der Waals surface area (Å²) < 4.78 is 0. The Morgan fingerprint density at radius 3 is 0.330 bits per heavy atom. The largest absolute Gasteiger partial charge is 0.397 e. The minimum absolute atomic E-state index is 0.989. The Balaban J connectivity index is 2.85. The molecule has 2 nitrogen and oxygen atoms in total. The Kier molecular flexibility index (Phi) is 69.1. The van der Waals surface area contributed by atoms with Crippen LogP contribution in [0.25, 0.3) is 0 Å². The third kappa shape index (κ3) is 56.4. The van der Waals surface area contributed by atoms with E-state index in [1.54, 1.807) is 11.1 Å². The van der Waals surface area contributed by atoms with Crippen molar-refractivity contribution in [2.24, 2.45) is 0 Å². The van der Waals surface area contributed by atoms with Crippen molar-refractivity contribution in [2.45, 2.75) is 516 Å². The van der Waals surface area contributed by atoms with Crippen LogP contribution in [-0.2, 0) is 25.7 Å². The Bertz CT molecular complexity index is 1370. The second kappa shape index (κ2) is 71.7. The van der Waals surface area contributed by atoms with E-state index < -0.39 is 0 Å². The number of anilines is 2. The van der Waals surface area contributed by atoms with Gasteiger partial charge >= 0.3 is 0 Å². The molecule has 0 aromatic heterocycles. The monoisotopic (exact) mass is 1230 g/mol. The number of hydrogen-bond acceptors (Lipinski definition) is 2. The van der Waals surface area contributed by atoms with Gasteiger partial charge in [-0.25, -0.2) is 0 Å². The van der Waals surface area contributed by atoms with E-state index in [0.29, 0.717) is 0 Å². The first kappa shape index (κ1) is 84.8. The van der Waals surface area contributed by atoms with Gasteiger partial charge in [0, 0.05) is 0 Å². The average Bonchev–Trinajstić information content (AvgIpc) is 2.51. The lowest BCUT2D eigenvalue weighted by Crippen LogP contribution is -2.14. The lowest BCUT2D eigenvalue weighted by atomic mass is 9.83. The number of benzene rings is 1. The van der Waals surface area contributed by atoms with Crippen LogP contribution in [0.5, 0.6) is 0 Å². The summed E-state index contributed by atoms with van der Waals surface area (Å²) in [6, 6.07) is 0. The summed E-state index contributed by atoms with van der Waals surface area (Å²) in [5.74, 6) is 0. The zero-order valence-corrected chi connectivity index (χ0v) is 61.9. The lowest BCUT2D eigenvalue weighted by molar-refractivity contribution is 0.523. The van der Waals surface area contributed by atoms with E-state index in [0.717, 1.165) is 24.2 Å². The molecule has 0 spiro atoms. The van der Waals surface area contributed by atoms with Crippen molar-refractivity contribution >= 4 is 11.4 Å². The Hall–Kier alpha value is -1.18. The molecule has 1 rings (SSSR count). The van der Waals surface area contributed by atoms with Gasteiger partial charge in [-0.15, -0.1) is 0 Å². The third-order valence-corrected chi connectivity index (χ3v) is 21.2. The Morgan fingerprint density at radius 2 is 0.216 bits per heavy atom. The van der Waals surface area contributed by atoms with Gasteiger partial charge in [0.1, 0.15) is 0 Å². The number of nitrogen functional groups attached to an aromatic ring is 2. The van der Waals surface area contributed by atoms with Gasteiger partial charge < -0.3 is 11.5 Å². The standard InChI is InChI=1S/C86H168N2/c1-5-9-13-17-21-25-29-33-37-41-45-49-53-57-61-65-69-73-77-81-82(78-74-70-66-62-58-54-50-46-42-38-34-30-26-22-18-14-10-6-2)84(80-76-72-68-64-60-56-52-48-44-40-36-32-28-24-20-16-12-8-4)86(88)85(87)83(81)79-75-71-67-63-59-55-51-47-43-39-35-31-27-23-19-15-11-7-3/h5-80,87-88H2,1-4H3. The van der Waals surface area contributed by atoms with Gasteiger partial charge in [0.05, 0.1) is 11.4 Å². The lowest BCUT2D eigenvalue weighted by Gasteiger charge is -2.24. The van der Waals surface area contributed by atoms with E-state index in [2.05, 4.69) is 27.7 Å². The highest BCUT2D eigenvalue weighted by atomic mass is 14.7. The molecular weight excluding hydrogens is 1060 g/mol. The number of rotatable bonds is 76. The molecule has 0 atom stereocenters. The molecule has 0 fully saturated rings. The maximum Gasteiger partial charge on any atom is 0.0586 e. The van der Waals surface area contributed by atoms with E-state index in [9.17, 15) is 0 Å². The molecular formula is C86H168N2. The first-order valence-electron chi connectivity index (χ1n) is 42.3. The molecule has 4 N–H and O–H groups in total. The second-order valence-corrected chi connectivity index (χ2v) is 29.8. The predicted octanol–water partition coefficient (Wildman–Crippen LogP) is 31.2. The summed E-state index contributed by atoms with van der Waals surface area (Å²) in [5, 5.41) is 0. The minimum atomic E-state index is 0.989. The van der Waals surface area contributed by atoms with E-state index in [-0.39, 0.29) is 0 Å². The van der Waals surface area contributed by atoms with Crippen LogP contribution in [0, 0.1) is 0 Å². The average molecular weight is 1230 g/mol. The molecule has 88 heavy (non-hydrogen) atoms. The van der Waals surface area contributed by atoms with E-state index in [4.69, 9.17) is 11.5 Å². The van der Waals surface area contributed by atoms with Gasteiger partial charge in [-0.3, -0.25) is 0 Å². The zero-order valence-electron chi connectivity index (χ0n) is 61.9. The highest BCUT2D eigenvalue weighted by molar-refractivity contribution is 5.76. The maximum atomic E-state index is 7.34. The summed E-state index contributed by atoms with van der Waals surface area (Å²) in [6.07, 6.45) is 108. The molecule has 0 aliphatic rings. The quantitative estimate of drug-likeness (QED) is 0.0504. The molecule has 1 aromatic rings. The van der Waals surface area contributed by atoms with Gasteiger partial charge in [-0.1, -0.05) is 464 Å². The smallest absolute Gasteiger partial charge is 0.0586 e. The number of unbranched alkanes of at least 4 members (excludes halogenated alkanes) is 68. The molecule has 0 aliphatic heterocycles. The fourth-order valence-electron chi connectivity index (χ4n) is 15.0. The Labute approximate surface area is 557 Å². The van der Waals surface area contributed by atoms with Crippen molar-refractivity contribution in [3.05, 3.63) is 22.3 Å². The molecule has 0 aliphatic carbocycles. The van der Waals surface area contributed by atoms with Crippen LogP contribution >= 0.6 is 0 Å². The van der Waals surface area contributed by atoms with Crippen molar-refractivity contribution in [3.63, 3.8) is 0 Å². The van der Waals surface area contributed by atoms with Crippen LogP contribution in [0.4, 0.5) is 11.4 Å². The highest BCUT2D eigenvalue weighted by Gasteiger charge is 2.21. The fourth-order valence-corrected chi connectivity index (χ4v) is 15.0. The third-order valence-electron chi connectivity index (χ3n) is 21.2. The molecule has 522 valence electrons. The van der Waals surface area contributed by atoms with Crippen LogP contribution in [0.1, 0.15) is 512 Å². The predicted molar refractivity (Wildman–Crippen MR) is 405 cm³/mol. The van der Waals surface area contributed by atoms with Gasteiger partial charge in [-0.2, -0.15) is 0 Å². The summed E-state index contributed by atoms with van der Waals surface area (Å²) in [5.41, 5.74) is 23.0. The summed E-state index contributed by atoms with van der Waals surface area (Å²) in [4.78, 5) is 0. The molecule has 0 radical (unpaired) electrons. The van der Waals surface area contributed by atoms with Crippen LogP contribution < -0.4 is 11.5 Å². The molecule has 0 unspecified atom stereocenters. The molecule has 0 amide bonds. The van der Waals surface area contributed by atoms with Crippen molar-refractivity contribution in [3.8, 4) is 0 Å². The number of nitrogens with two attached hydrogens (primary N) is 2. The fraction of sp³-hybridized carbons (Fsp3) is 0.930. The van der Waals surface area contributed by atoms with Crippen LogP contribution in [-0.4, -0.2) is 0 Å². The second-order valence-electron chi connectivity index (χ2n) is 29.8. The molecule has 1 aromatic carbocycles. The molecule has 0 bridgehead atoms. The summed E-state index contributed by atoms with van der Waals surface area (Å²) >= 11 is 0. The van der Waals surface area contributed by atoms with E-state index in [1.165, 1.54) is 486 Å². The van der Waals surface area contributed by atoms with Crippen molar-refractivity contribution in [2.75, 3.05) is 11.5 Å². The van der Waals surface area contributed by atoms with Crippen molar-refractivity contribution in [1.29, 1.82) is 0 Å². The molecule has 0 saturated heterocycles. The van der Waals surface area contributed by atoms with Crippen LogP contribution in [0.3, 0.4) is 0 Å². The van der Waals surface area contributed by atoms with Gasteiger partial charge in [-0.05, 0) is 73.6 Å². The van der Waals surface area contributed by atoms with Crippen LogP contribution in [0.15, 0.2) is 0 Å². The highest BCUT2D eigenvalue weighted by Crippen LogP contribution is 2.38. The molecule has 0 heterocycles. The van der Waals surface area contributed by atoms with Crippen LogP contribution in [0.2, 0.25) is 0 Å². The van der Waals surface area contributed by atoms with Crippen molar-refractivity contribution < 1.29 is 0 Å². The SMILES string of the molecule is CCCCCCCCCCCCCCCCCCCCc1c(N)c(N)c(CCCCCCCCCCCCCCCCCCCC)c(CCCCCCCCCCCCCCCCCCCC)c1CCCCCCCCCCCCCCCCCCCC. The maximum absolute atomic E-state index is 7.34. The van der Waals surface area contributed by atoms with Gasteiger partial charge in [0.2, 0.25) is 0 Å². The van der Waals surface area contributed by atoms with Gasteiger partial charge in [0.25, 0.3) is 0 Å².